The van der Waals surface area contributed by atoms with E-state index in [-0.39, 0.29) is 15.9 Å². The maximum Gasteiger partial charge on any atom is 0.123 e. The molecule has 0 N–H and O–H groups in total. The summed E-state index contributed by atoms with van der Waals surface area (Å²) in [7, 11) is 2.16. The van der Waals surface area contributed by atoms with Crippen LogP contribution in [0, 0.1) is 12.7 Å². The predicted octanol–water partition coefficient (Wildman–Crippen LogP) is 7.07. The quantitative estimate of drug-likeness (QED) is 0.293. The molecule has 1 aliphatic rings. The summed E-state index contributed by atoms with van der Waals surface area (Å²) in [5.41, 5.74) is 3.86. The van der Waals surface area contributed by atoms with Crippen LogP contribution in [0.2, 0.25) is 5.31 Å². The average molecular weight is 392 g/mol. The molecule has 1 aromatic rings. The van der Waals surface area contributed by atoms with Gasteiger partial charge in [-0.3, -0.25) is 0 Å². The molecule has 1 aliphatic carbocycles. The second kappa shape index (κ2) is 9.00. The molecule has 3 heteroatoms. The van der Waals surface area contributed by atoms with Gasteiger partial charge in [0.25, 0.3) is 0 Å². The van der Waals surface area contributed by atoms with E-state index >= 15 is 0 Å². The predicted molar refractivity (Wildman–Crippen MR) is 128 cm³/mol. The summed E-state index contributed by atoms with van der Waals surface area (Å²) in [6.45, 7) is 16.6. The number of hydrogen-bond donors (Lipinski definition) is 0. The fraction of sp³-hybridized carbons (Fsp3) is 0.280. The summed E-state index contributed by atoms with van der Waals surface area (Å²) in [5.74, 6) is -0.204. The highest BCUT2D eigenvalue weighted by atomic mass is 32.2. The number of thioether (sulfide) groups is 1. The molecule has 1 aromatic carbocycles. The molecule has 0 nitrogen and oxygen atoms in total. The maximum atomic E-state index is 14.5. The van der Waals surface area contributed by atoms with Crippen LogP contribution in [0.15, 0.2) is 78.8 Å². The minimum Gasteiger partial charge on any atom is -0.207 e. The van der Waals surface area contributed by atoms with E-state index in [0.717, 1.165) is 28.7 Å². The van der Waals surface area contributed by atoms with Crippen molar-refractivity contribution >= 4 is 25.2 Å². The summed E-state index contributed by atoms with van der Waals surface area (Å²) < 4.78 is 14.1. The molecule has 0 saturated heterocycles. The Hall–Kier alpha value is -2.00. The van der Waals surface area contributed by atoms with Crippen LogP contribution in [-0.4, -0.2) is 7.85 Å². The van der Waals surface area contributed by atoms with E-state index in [9.17, 15) is 4.39 Å². The van der Waals surface area contributed by atoms with E-state index < -0.39 is 0 Å². The Morgan fingerprint density at radius 1 is 1.36 bits per heavy atom. The normalized spacial score (nSPS) is 24.6. The highest BCUT2D eigenvalue weighted by Gasteiger charge is 2.35. The van der Waals surface area contributed by atoms with Crippen LogP contribution < -0.4 is 0 Å². The smallest absolute Gasteiger partial charge is 0.123 e. The van der Waals surface area contributed by atoms with Gasteiger partial charge in [-0.1, -0.05) is 62.1 Å². The molecule has 0 fully saturated rings. The van der Waals surface area contributed by atoms with Crippen LogP contribution in [0.3, 0.4) is 0 Å². The van der Waals surface area contributed by atoms with E-state index in [4.69, 9.17) is 0 Å². The number of fused-ring (bicyclic) bond motifs is 1. The molecule has 0 spiro atoms. The molecule has 0 bridgehead atoms. The molecule has 2 atom stereocenters. The fourth-order valence-corrected chi connectivity index (χ4v) is 4.76. The zero-order valence-electron chi connectivity index (χ0n) is 17.7. The largest absolute Gasteiger partial charge is 0.207 e. The third-order valence-electron chi connectivity index (χ3n) is 5.16. The zero-order chi connectivity index (χ0) is 20.9. The third-order valence-corrected chi connectivity index (χ3v) is 6.88. The van der Waals surface area contributed by atoms with Crippen LogP contribution in [0.1, 0.15) is 43.9 Å². The molecule has 0 aromatic heterocycles. The summed E-state index contributed by atoms with van der Waals surface area (Å²) in [4.78, 5) is 1.20. The van der Waals surface area contributed by atoms with Crippen molar-refractivity contribution in [3.8, 4) is 0 Å². The summed E-state index contributed by atoms with van der Waals surface area (Å²) in [6.07, 6.45) is 17.2. The molecule has 28 heavy (non-hydrogen) atoms. The van der Waals surface area contributed by atoms with Crippen LogP contribution in [0.5, 0.6) is 0 Å². The van der Waals surface area contributed by atoms with E-state index in [2.05, 4.69) is 59.2 Å². The molecule has 0 amide bonds. The number of halogens is 1. The standard InChI is InChI=1S/C25H30BFS/c1-7-9-14-22(24(5,26)8-2)28-25(6)15-12-10-11-13-18(3)23-19(4)16-20(27)17-21(23)25/h7-14,16-17H,2-3,15,26H2,1,4-6H3/b9-7-,12-10-,13-11-,22-14-. The zero-order valence-corrected chi connectivity index (χ0v) is 18.5. The first-order valence-electron chi connectivity index (χ1n) is 9.64. The van der Waals surface area contributed by atoms with Gasteiger partial charge in [-0.25, -0.2) is 4.39 Å². The Morgan fingerprint density at radius 3 is 2.71 bits per heavy atom. The number of hydrogen-bond acceptors (Lipinski definition) is 1. The Labute approximate surface area is 175 Å². The Balaban J connectivity index is 2.72. The van der Waals surface area contributed by atoms with Gasteiger partial charge >= 0.3 is 0 Å². The van der Waals surface area contributed by atoms with Gasteiger partial charge in [0.15, 0.2) is 0 Å². The lowest BCUT2D eigenvalue weighted by atomic mass is 9.70. The van der Waals surface area contributed by atoms with Crippen molar-refractivity contribution in [3.63, 3.8) is 0 Å². The number of benzene rings is 1. The Morgan fingerprint density at radius 2 is 2.07 bits per heavy atom. The second-order valence-electron chi connectivity index (χ2n) is 7.98. The first kappa shape index (κ1) is 22.3. The molecule has 2 unspecified atom stereocenters. The highest BCUT2D eigenvalue weighted by molar-refractivity contribution is 8.04. The second-order valence-corrected chi connectivity index (χ2v) is 9.52. The lowest BCUT2D eigenvalue weighted by molar-refractivity contribution is 0.614. The van der Waals surface area contributed by atoms with Crippen LogP contribution in [0.4, 0.5) is 4.39 Å². The lowest BCUT2D eigenvalue weighted by Gasteiger charge is -2.36. The van der Waals surface area contributed by atoms with Gasteiger partial charge in [-0.2, -0.15) is 0 Å². The molecule has 0 saturated carbocycles. The van der Waals surface area contributed by atoms with Gasteiger partial charge in [0.2, 0.25) is 0 Å². The molecule has 2 rings (SSSR count). The van der Waals surface area contributed by atoms with Crippen molar-refractivity contribution < 1.29 is 4.39 Å². The molecule has 0 heterocycles. The minimum absolute atomic E-state index is 0.187. The molecular formula is C25H30BFS. The van der Waals surface area contributed by atoms with E-state index in [1.807, 2.05) is 38.2 Å². The summed E-state index contributed by atoms with van der Waals surface area (Å²) >= 11 is 1.79. The first-order valence-corrected chi connectivity index (χ1v) is 10.5. The van der Waals surface area contributed by atoms with Gasteiger partial charge in [-0.15, -0.1) is 18.3 Å². The van der Waals surface area contributed by atoms with Crippen molar-refractivity contribution in [2.45, 2.75) is 44.2 Å². The number of aryl methyl sites for hydroxylation is 1. The highest BCUT2D eigenvalue weighted by Crippen LogP contribution is 2.53. The monoisotopic (exact) mass is 392 g/mol. The van der Waals surface area contributed by atoms with Gasteiger partial charge in [-0.05, 0) is 71.8 Å². The number of rotatable bonds is 5. The molecule has 0 aliphatic heterocycles. The van der Waals surface area contributed by atoms with Gasteiger partial charge < -0.3 is 0 Å². The van der Waals surface area contributed by atoms with Crippen molar-refractivity contribution in [1.82, 2.24) is 0 Å². The minimum atomic E-state index is -0.346. The van der Waals surface area contributed by atoms with Crippen LogP contribution in [-0.2, 0) is 4.75 Å². The number of allylic oxidation sites excluding steroid dienone is 10. The van der Waals surface area contributed by atoms with Crippen molar-refractivity contribution in [2.75, 3.05) is 0 Å². The van der Waals surface area contributed by atoms with Gasteiger partial charge in [0.05, 0.1) is 0 Å². The third kappa shape index (κ3) is 4.88. The van der Waals surface area contributed by atoms with E-state index in [1.54, 1.807) is 23.9 Å². The van der Waals surface area contributed by atoms with Crippen molar-refractivity contribution in [2.24, 2.45) is 0 Å². The van der Waals surface area contributed by atoms with Crippen molar-refractivity contribution in [3.05, 3.63) is 101 Å². The van der Waals surface area contributed by atoms with Gasteiger partial charge in [0.1, 0.15) is 13.7 Å². The average Bonchev–Trinajstić information content (AvgIpc) is 2.68. The van der Waals surface area contributed by atoms with Crippen LogP contribution in [0.25, 0.3) is 5.57 Å². The van der Waals surface area contributed by atoms with E-state index in [0.29, 0.717) is 0 Å². The Kier molecular flexibility index (Phi) is 7.17. The Bertz CT molecular complexity index is 886. The molecular weight excluding hydrogens is 362 g/mol. The van der Waals surface area contributed by atoms with Crippen molar-refractivity contribution in [1.29, 1.82) is 0 Å². The summed E-state index contributed by atoms with van der Waals surface area (Å²) in [6, 6.07) is 3.28. The van der Waals surface area contributed by atoms with Gasteiger partial charge in [0, 0.05) is 4.75 Å². The SMILES string of the molecule is BC(C)(C=C)/C(=C/C=C\C)SC1(C)C/C=C\C=C/C(=C)c2c(C)cc(F)cc21. The fourth-order valence-electron chi connectivity index (χ4n) is 3.33. The topological polar surface area (TPSA) is 0 Å². The molecule has 0 radical (unpaired) electrons. The lowest BCUT2D eigenvalue weighted by Crippen LogP contribution is -2.22. The summed E-state index contributed by atoms with van der Waals surface area (Å²) in [5, 5.41) is -0.187. The molecule has 146 valence electrons. The maximum absolute atomic E-state index is 14.5. The first-order chi connectivity index (χ1) is 13.1. The van der Waals surface area contributed by atoms with E-state index in [1.165, 1.54) is 4.91 Å². The van der Waals surface area contributed by atoms with Crippen LogP contribution >= 0.6 is 11.8 Å².